The number of nitrogens with zero attached hydrogens (tertiary/aromatic N) is 1. The number of alkyl halides is 3. The number of halogens is 3. The molecule has 8 heteroatoms. The van der Waals surface area contributed by atoms with E-state index in [9.17, 15) is 27.6 Å². The van der Waals surface area contributed by atoms with Crippen molar-refractivity contribution in [2.24, 2.45) is 0 Å². The lowest BCUT2D eigenvalue weighted by Crippen LogP contribution is -2.41. The number of rotatable bonds is 2. The molecule has 5 nitrogen and oxygen atoms in total. The van der Waals surface area contributed by atoms with E-state index in [1.165, 1.54) is 0 Å². The predicted molar refractivity (Wildman–Crippen MR) is 47.4 cm³/mol. The molecule has 0 radical (unpaired) electrons. The van der Waals surface area contributed by atoms with Gasteiger partial charge in [-0.3, -0.25) is 14.2 Å². The van der Waals surface area contributed by atoms with Crippen molar-refractivity contribution in [1.82, 2.24) is 9.55 Å². The molecule has 0 atom stereocenters. The highest BCUT2D eigenvalue weighted by molar-refractivity contribution is 5.93. The molecule has 1 heterocycles. The van der Waals surface area contributed by atoms with E-state index in [1.807, 2.05) is 4.98 Å². The number of Topliss-reactive ketones (excluding diaryl/α,β-unsaturated/α-hetero) is 1. The van der Waals surface area contributed by atoms with Crippen LogP contribution in [0.2, 0.25) is 0 Å². The average Bonchev–Trinajstić information content (AvgIpc) is 2.10. The Morgan fingerprint density at radius 1 is 1.44 bits per heavy atom. The van der Waals surface area contributed by atoms with E-state index in [0.717, 1.165) is 13.1 Å². The van der Waals surface area contributed by atoms with Gasteiger partial charge in [-0.2, -0.15) is 13.2 Å². The van der Waals surface area contributed by atoms with Crippen LogP contribution in [0.4, 0.5) is 13.2 Å². The molecule has 1 aromatic rings. The molecule has 88 valence electrons. The number of nitrogens with one attached hydrogen (secondary N) is 1. The van der Waals surface area contributed by atoms with Gasteiger partial charge in [0.25, 0.3) is 5.56 Å². The van der Waals surface area contributed by atoms with E-state index in [1.54, 1.807) is 0 Å². The maximum absolute atomic E-state index is 12.0. The van der Waals surface area contributed by atoms with E-state index >= 15 is 0 Å². The van der Waals surface area contributed by atoms with Gasteiger partial charge in [-0.25, -0.2) is 4.79 Å². The number of carbonyl (C=O) groups excluding carboxylic acids is 1. The summed E-state index contributed by atoms with van der Waals surface area (Å²) in [4.78, 5) is 35.1. The van der Waals surface area contributed by atoms with Crippen LogP contribution in [-0.2, 0) is 6.54 Å². The second-order valence-corrected chi connectivity index (χ2v) is 3.07. The Morgan fingerprint density at radius 2 is 2.00 bits per heavy atom. The smallest absolute Gasteiger partial charge is 0.313 e. The number of H-pyrrole nitrogens is 1. The third-order valence-electron chi connectivity index (χ3n) is 1.78. The van der Waals surface area contributed by atoms with Crippen LogP contribution in [0.1, 0.15) is 17.3 Å². The van der Waals surface area contributed by atoms with Gasteiger partial charge in [-0.1, -0.05) is 0 Å². The van der Waals surface area contributed by atoms with Gasteiger partial charge in [0.15, 0.2) is 5.78 Å². The molecular weight excluding hydrogens is 229 g/mol. The lowest BCUT2D eigenvalue weighted by atomic mass is 10.2. The first-order chi connectivity index (χ1) is 7.22. The summed E-state index contributed by atoms with van der Waals surface area (Å²) < 4.78 is 36.1. The number of aromatic amines is 1. The van der Waals surface area contributed by atoms with Crippen LogP contribution in [0.25, 0.3) is 0 Å². The van der Waals surface area contributed by atoms with Crippen LogP contribution in [0, 0.1) is 0 Å². The van der Waals surface area contributed by atoms with E-state index in [-0.39, 0.29) is 4.57 Å². The molecule has 16 heavy (non-hydrogen) atoms. The molecule has 0 aromatic carbocycles. The molecule has 1 N–H and O–H groups in total. The predicted octanol–water partition coefficient (Wildman–Crippen LogP) is 0.301. The quantitative estimate of drug-likeness (QED) is 0.750. The Bertz CT molecular complexity index is 527. The van der Waals surface area contributed by atoms with Crippen LogP contribution in [-0.4, -0.2) is 21.5 Å². The molecule has 0 bridgehead atoms. The van der Waals surface area contributed by atoms with Crippen LogP contribution in [0.3, 0.4) is 0 Å². The zero-order chi connectivity index (χ0) is 12.5. The summed E-state index contributed by atoms with van der Waals surface area (Å²) in [5, 5.41) is 0. The fourth-order valence-corrected chi connectivity index (χ4v) is 1.09. The maximum atomic E-state index is 12.0. The molecule has 0 fully saturated rings. The minimum absolute atomic E-state index is 0.0588. The van der Waals surface area contributed by atoms with Gasteiger partial charge in [0, 0.05) is 6.20 Å². The number of ketones is 1. The monoisotopic (exact) mass is 236 g/mol. The Kier molecular flexibility index (Phi) is 3.02. The molecular formula is C8H7F3N2O3. The highest BCUT2D eigenvalue weighted by Gasteiger charge is 2.30. The number of carbonyl (C=O) groups is 1. The van der Waals surface area contributed by atoms with Gasteiger partial charge < -0.3 is 4.98 Å². The Hall–Kier alpha value is -1.86. The second-order valence-electron chi connectivity index (χ2n) is 3.07. The van der Waals surface area contributed by atoms with Gasteiger partial charge in [0.1, 0.15) is 6.54 Å². The third kappa shape index (κ3) is 2.59. The summed E-state index contributed by atoms with van der Waals surface area (Å²) in [5.74, 6) is -0.711. The van der Waals surface area contributed by atoms with Crippen molar-refractivity contribution in [2.75, 3.05) is 0 Å². The van der Waals surface area contributed by atoms with Gasteiger partial charge >= 0.3 is 11.9 Å². The Balaban J connectivity index is 3.39. The minimum Gasteiger partial charge on any atom is -0.313 e. The van der Waals surface area contributed by atoms with E-state index in [4.69, 9.17) is 0 Å². The summed E-state index contributed by atoms with van der Waals surface area (Å²) in [6, 6.07) is 0. The van der Waals surface area contributed by atoms with Gasteiger partial charge in [-0.15, -0.1) is 0 Å². The summed E-state index contributed by atoms with van der Waals surface area (Å²) >= 11 is 0. The average molecular weight is 236 g/mol. The van der Waals surface area contributed by atoms with E-state index < -0.39 is 35.3 Å². The van der Waals surface area contributed by atoms with Crippen molar-refractivity contribution in [3.05, 3.63) is 32.6 Å². The molecule has 1 aromatic heterocycles. The number of hydrogen-bond acceptors (Lipinski definition) is 3. The van der Waals surface area contributed by atoms with Gasteiger partial charge in [0.2, 0.25) is 0 Å². The zero-order valence-corrected chi connectivity index (χ0v) is 8.09. The summed E-state index contributed by atoms with van der Waals surface area (Å²) in [6.45, 7) is -0.699. The fourth-order valence-electron chi connectivity index (χ4n) is 1.09. The molecule has 0 amide bonds. The van der Waals surface area contributed by atoms with E-state index in [2.05, 4.69) is 0 Å². The minimum atomic E-state index is -4.70. The topological polar surface area (TPSA) is 71.9 Å². The fraction of sp³-hybridized carbons (Fsp3) is 0.375. The van der Waals surface area contributed by atoms with Gasteiger partial charge in [-0.05, 0) is 6.92 Å². The van der Waals surface area contributed by atoms with Crippen molar-refractivity contribution >= 4 is 5.78 Å². The first kappa shape index (κ1) is 12.2. The van der Waals surface area contributed by atoms with Crippen LogP contribution < -0.4 is 11.2 Å². The van der Waals surface area contributed by atoms with Crippen molar-refractivity contribution in [1.29, 1.82) is 0 Å². The van der Waals surface area contributed by atoms with Crippen molar-refractivity contribution in [2.45, 2.75) is 19.6 Å². The zero-order valence-electron chi connectivity index (χ0n) is 8.09. The van der Waals surface area contributed by atoms with Crippen molar-refractivity contribution < 1.29 is 18.0 Å². The lowest BCUT2D eigenvalue weighted by Gasteiger charge is -2.08. The molecule has 0 saturated carbocycles. The number of aromatic nitrogens is 2. The SMILES string of the molecule is CC(=O)c1c[nH]c(=O)n(CC(F)(F)F)c1=O. The summed E-state index contributed by atoms with van der Waals surface area (Å²) in [7, 11) is 0. The second kappa shape index (κ2) is 3.95. The molecule has 0 spiro atoms. The van der Waals surface area contributed by atoms with Crippen LogP contribution in [0.5, 0.6) is 0 Å². The summed E-state index contributed by atoms with van der Waals surface area (Å²) in [5.41, 5.74) is -2.93. The first-order valence-electron chi connectivity index (χ1n) is 4.12. The first-order valence-corrected chi connectivity index (χ1v) is 4.12. The number of hydrogen-bond donors (Lipinski definition) is 1. The van der Waals surface area contributed by atoms with Crippen LogP contribution in [0.15, 0.2) is 15.8 Å². The largest absolute Gasteiger partial charge is 0.406 e. The standard InChI is InChI=1S/C8H7F3N2O3/c1-4(14)5-2-12-7(16)13(6(5)15)3-8(9,10)11/h2H,3H2,1H3,(H,12,16). The molecule has 0 aliphatic carbocycles. The van der Waals surface area contributed by atoms with Crippen molar-refractivity contribution in [3.8, 4) is 0 Å². The third-order valence-corrected chi connectivity index (χ3v) is 1.78. The molecule has 0 saturated heterocycles. The molecule has 1 rings (SSSR count). The van der Waals surface area contributed by atoms with E-state index in [0.29, 0.717) is 0 Å². The molecule has 0 unspecified atom stereocenters. The lowest BCUT2D eigenvalue weighted by molar-refractivity contribution is -0.141. The normalized spacial score (nSPS) is 11.5. The highest BCUT2D eigenvalue weighted by Crippen LogP contribution is 2.15. The Morgan fingerprint density at radius 3 is 2.44 bits per heavy atom. The maximum Gasteiger partial charge on any atom is 0.406 e. The molecule has 0 aliphatic rings. The molecule has 0 aliphatic heterocycles. The van der Waals surface area contributed by atoms with Crippen LogP contribution >= 0.6 is 0 Å². The Labute approximate surface area is 86.5 Å². The highest BCUT2D eigenvalue weighted by atomic mass is 19.4. The summed E-state index contributed by atoms with van der Waals surface area (Å²) in [6.07, 6.45) is -3.90. The van der Waals surface area contributed by atoms with Crippen molar-refractivity contribution in [3.63, 3.8) is 0 Å². The van der Waals surface area contributed by atoms with Gasteiger partial charge in [0.05, 0.1) is 5.56 Å².